The van der Waals surface area contributed by atoms with Crippen molar-refractivity contribution in [2.45, 2.75) is 526 Å². The molecule has 0 atom stereocenters. The van der Waals surface area contributed by atoms with Gasteiger partial charge in [-0.1, -0.05) is 452 Å². The monoisotopic (exact) mass is 1610 g/mol. The molecule has 0 aliphatic rings. The van der Waals surface area contributed by atoms with Crippen LogP contribution in [0, 0.1) is 0 Å². The van der Waals surface area contributed by atoms with Crippen LogP contribution in [0.4, 0.5) is 0 Å². The summed E-state index contributed by atoms with van der Waals surface area (Å²) in [6, 6.07) is 16.4. The fraction of sp³-hybridized carbons (Fsp3) is 0.824. The molecular weight excluding hydrogens is 1430 g/mol. The number of aliphatic hydroxyl groups excluding tert-OH is 1. The summed E-state index contributed by atoms with van der Waals surface area (Å²) >= 11 is 13.0. The van der Waals surface area contributed by atoms with E-state index in [2.05, 4.69) is 142 Å². The molecule has 7 heteroatoms. The summed E-state index contributed by atoms with van der Waals surface area (Å²) < 4.78 is 0. The van der Waals surface area contributed by atoms with Crippen molar-refractivity contribution in [3.8, 4) is 0 Å². The molecule has 1 N–H and O–H groups in total. The van der Waals surface area contributed by atoms with Crippen LogP contribution in [0.1, 0.15) is 497 Å². The van der Waals surface area contributed by atoms with Crippen LogP contribution in [0.3, 0.4) is 0 Å². The highest BCUT2D eigenvalue weighted by Crippen LogP contribution is 2.48. The third-order valence-electron chi connectivity index (χ3n) is 23.7. The Kier molecular flexibility index (Phi) is 70.8. The molecule has 4 aromatic carbocycles. The first-order chi connectivity index (χ1) is 54.1. The van der Waals surface area contributed by atoms with Crippen LogP contribution in [0.25, 0.3) is 32.3 Å². The summed E-state index contributed by atoms with van der Waals surface area (Å²) in [5, 5.41) is 18.9. The van der Waals surface area contributed by atoms with Crippen LogP contribution in [0.5, 0.6) is 0 Å². The van der Waals surface area contributed by atoms with E-state index < -0.39 is 0 Å². The van der Waals surface area contributed by atoms with Gasteiger partial charge in [-0.2, -0.15) is 0 Å². The number of fused-ring (bicyclic) bond motifs is 6. The second kappa shape index (κ2) is 76.4. The largest absolute Gasteiger partial charge is 0.396 e. The number of hydrogen-bond acceptors (Lipinski definition) is 7. The number of unbranched alkanes of at least 4 members (excludes halogenated alkanes) is 66. The molecule has 1 nitrogen and oxygen atoms in total. The molecular formula is C102H180OS6. The van der Waals surface area contributed by atoms with Crippen molar-refractivity contribution in [2.75, 3.05) is 41.1 Å². The van der Waals surface area contributed by atoms with Crippen LogP contribution in [0.2, 0.25) is 0 Å². The third-order valence-corrected chi connectivity index (χ3v) is 30.9. The van der Waals surface area contributed by atoms with Gasteiger partial charge in [0.05, 0.1) is 0 Å². The number of thioether (sulfide) groups is 6. The summed E-state index contributed by atoms with van der Waals surface area (Å²) in [7, 11) is 0. The lowest BCUT2D eigenvalue weighted by Gasteiger charge is -2.20. The predicted octanol–water partition coefficient (Wildman–Crippen LogP) is 38.9. The fourth-order valence-electron chi connectivity index (χ4n) is 16.5. The standard InChI is InChI=1S/C102H180OS6/c1-6-11-16-21-26-31-36-41-46-51-56-61-66-72-79-104-97-85-91-92-86-98(105-80-73-67-62-57-52-47-42-37-32-27-22-17-12-7-2)100(107-82-75-69-64-59-54-49-44-39-34-29-24-19-14-9-4)88-94(92)96-90-102(109-84-77-71-78-103)101(108-83-76-70-65-60-55-50-45-40-35-30-25-20-15-10-5)89-95(96)93(91)87-99(97)106-81-74-68-63-58-53-48-43-38-33-28-23-18-13-8-3/h85-90,103H,6-84H2,1-5H3. The van der Waals surface area contributed by atoms with Gasteiger partial charge in [-0.15, -0.1) is 70.6 Å². The summed E-state index contributed by atoms with van der Waals surface area (Å²) in [5.41, 5.74) is 0. The second-order valence-electron chi connectivity index (χ2n) is 34.0. The molecule has 0 bridgehead atoms. The van der Waals surface area contributed by atoms with Gasteiger partial charge < -0.3 is 5.11 Å². The molecule has 0 saturated carbocycles. The smallest absolute Gasteiger partial charge is 0.0431 e. The highest BCUT2D eigenvalue weighted by atomic mass is 32.2. The van der Waals surface area contributed by atoms with Gasteiger partial charge in [0.15, 0.2) is 0 Å². The lowest BCUT2D eigenvalue weighted by atomic mass is 9.94. The second-order valence-corrected chi connectivity index (χ2v) is 40.9. The van der Waals surface area contributed by atoms with Gasteiger partial charge in [-0.25, -0.2) is 0 Å². The van der Waals surface area contributed by atoms with Gasteiger partial charge in [0, 0.05) is 36.0 Å². The molecule has 0 radical (unpaired) electrons. The summed E-state index contributed by atoms with van der Waals surface area (Å²) in [6.07, 6.45) is 101. The van der Waals surface area contributed by atoms with Crippen molar-refractivity contribution in [1.82, 2.24) is 0 Å². The van der Waals surface area contributed by atoms with E-state index >= 15 is 0 Å². The van der Waals surface area contributed by atoms with Crippen LogP contribution in [0.15, 0.2) is 65.8 Å². The highest BCUT2D eigenvalue weighted by Gasteiger charge is 2.20. The minimum absolute atomic E-state index is 0.286. The molecule has 4 aromatic rings. The first kappa shape index (κ1) is 101. The first-order valence-electron chi connectivity index (χ1n) is 49.0. The van der Waals surface area contributed by atoms with Crippen LogP contribution < -0.4 is 0 Å². The fourth-order valence-corrected chi connectivity index (χ4v) is 23.4. The third kappa shape index (κ3) is 53.0. The molecule has 0 amide bonds. The number of rotatable bonds is 85. The van der Waals surface area contributed by atoms with Crippen molar-refractivity contribution in [2.24, 2.45) is 0 Å². The molecule has 0 unspecified atom stereocenters. The maximum absolute atomic E-state index is 10.0. The average molecular weight is 1610 g/mol. The highest BCUT2D eigenvalue weighted by molar-refractivity contribution is 8.03. The minimum atomic E-state index is 0.286. The van der Waals surface area contributed by atoms with E-state index in [1.165, 1.54) is 520 Å². The van der Waals surface area contributed by atoms with Crippen molar-refractivity contribution >= 4 is 103 Å². The van der Waals surface area contributed by atoms with Crippen molar-refractivity contribution in [3.05, 3.63) is 36.4 Å². The molecule has 109 heavy (non-hydrogen) atoms. The van der Waals surface area contributed by atoms with Gasteiger partial charge in [0.2, 0.25) is 0 Å². The zero-order valence-electron chi connectivity index (χ0n) is 73.2. The van der Waals surface area contributed by atoms with E-state index in [0.717, 1.165) is 18.6 Å². The molecule has 0 aliphatic carbocycles. The van der Waals surface area contributed by atoms with Crippen LogP contribution in [-0.2, 0) is 0 Å². The molecule has 0 saturated heterocycles. The Balaban J connectivity index is 1.67. The average Bonchev–Trinajstić information content (AvgIpc) is 0.727. The summed E-state index contributed by atoms with van der Waals surface area (Å²) in [4.78, 5) is 9.16. The van der Waals surface area contributed by atoms with E-state index in [-0.39, 0.29) is 6.61 Å². The van der Waals surface area contributed by atoms with E-state index in [9.17, 15) is 5.11 Å². The number of benzene rings is 4. The zero-order chi connectivity index (χ0) is 77.3. The Morgan fingerprint density at radius 2 is 0.248 bits per heavy atom. The molecule has 0 aromatic heterocycles. The quantitative estimate of drug-likeness (QED) is 0.0267. The lowest BCUT2D eigenvalue weighted by molar-refractivity contribution is 0.287. The van der Waals surface area contributed by atoms with Crippen molar-refractivity contribution in [3.63, 3.8) is 0 Å². The summed E-state index contributed by atoms with van der Waals surface area (Å²) in [6.45, 7) is 11.9. The van der Waals surface area contributed by atoms with E-state index in [0.29, 0.717) is 0 Å². The van der Waals surface area contributed by atoms with Gasteiger partial charge in [0.25, 0.3) is 0 Å². The lowest BCUT2D eigenvalue weighted by Crippen LogP contribution is -1.94. The van der Waals surface area contributed by atoms with Gasteiger partial charge >= 0.3 is 0 Å². The Hall–Kier alpha value is -0.280. The Labute approximate surface area is 706 Å². The Morgan fingerprint density at radius 1 is 0.147 bits per heavy atom. The molecule has 0 spiro atoms. The molecule has 630 valence electrons. The van der Waals surface area contributed by atoms with Crippen molar-refractivity contribution < 1.29 is 5.11 Å². The maximum atomic E-state index is 10.0. The zero-order valence-corrected chi connectivity index (χ0v) is 78.1. The normalized spacial score (nSPS) is 11.9. The van der Waals surface area contributed by atoms with Crippen molar-refractivity contribution in [1.29, 1.82) is 0 Å². The number of hydrogen-bond donors (Lipinski definition) is 1. The maximum Gasteiger partial charge on any atom is 0.0431 e. The molecule has 0 heterocycles. The van der Waals surface area contributed by atoms with Crippen LogP contribution >= 0.6 is 70.6 Å². The van der Waals surface area contributed by atoms with E-state index in [1.54, 1.807) is 19.6 Å². The van der Waals surface area contributed by atoms with Crippen LogP contribution in [-0.4, -0.2) is 46.2 Å². The Bertz CT molecular complexity index is 2560. The topological polar surface area (TPSA) is 20.2 Å². The van der Waals surface area contributed by atoms with Gasteiger partial charge in [-0.3, -0.25) is 0 Å². The Morgan fingerprint density at radius 3 is 0.358 bits per heavy atom. The molecule has 0 aliphatic heterocycles. The minimum Gasteiger partial charge on any atom is -0.396 e. The molecule has 0 fully saturated rings. The summed E-state index contributed by atoms with van der Waals surface area (Å²) in [5.74, 6) is 7.13. The van der Waals surface area contributed by atoms with E-state index in [1.807, 2.05) is 0 Å². The van der Waals surface area contributed by atoms with E-state index in [4.69, 9.17) is 0 Å². The van der Waals surface area contributed by atoms with Gasteiger partial charge in [-0.05, 0) is 148 Å². The van der Waals surface area contributed by atoms with Gasteiger partial charge in [0.1, 0.15) is 0 Å². The SMILES string of the molecule is CCCCCCCCCCCCCCCCSc1cc2c(cc1SCCCCO)c1cc(SCCCCCCCCCCCCCCCC)c(SCCCCCCCCCCCCCCCC)cc1c1cc(SCCCCCCCCCCCCCCCC)c(SCCCCCCCCCCCCCCCC)cc21. The number of aliphatic hydroxyl groups is 1. The first-order valence-corrected chi connectivity index (χ1v) is 54.9. The predicted molar refractivity (Wildman–Crippen MR) is 511 cm³/mol. The molecule has 4 rings (SSSR count).